The van der Waals surface area contributed by atoms with Gasteiger partial charge in [-0.3, -0.25) is 0 Å². The van der Waals surface area contributed by atoms with Crippen molar-refractivity contribution < 1.29 is 31.1 Å². The largest absolute Gasteiger partial charge is 0.455 e. The number of ether oxygens (including phenoxy) is 1. The van der Waals surface area contributed by atoms with Gasteiger partial charge in [0.15, 0.2) is 0 Å². The Kier molecular flexibility index (Phi) is 4.98. The lowest BCUT2D eigenvalue weighted by Gasteiger charge is -2.19. The zero-order valence-electron chi connectivity index (χ0n) is 9.81. The summed E-state index contributed by atoms with van der Waals surface area (Å²) in [5.41, 5.74) is 4.87. The predicted molar refractivity (Wildman–Crippen MR) is 62.9 cm³/mol. The predicted octanol–water partition coefficient (Wildman–Crippen LogP) is 3.17. The summed E-state index contributed by atoms with van der Waals surface area (Å²) in [4.78, 5) is -0.259. The fraction of sp³-hybridized carbons (Fsp3) is 0.364. The average molecular weight is 317 g/mol. The fourth-order valence-corrected chi connectivity index (χ4v) is 1.41. The Morgan fingerprint density at radius 3 is 2.30 bits per heavy atom. The Morgan fingerprint density at radius 1 is 1.20 bits per heavy atom. The van der Waals surface area contributed by atoms with Crippen molar-refractivity contribution in [3.8, 4) is 0 Å². The minimum atomic E-state index is -5.72. The molecule has 112 valence electrons. The van der Waals surface area contributed by atoms with E-state index in [1.54, 1.807) is 0 Å². The molecule has 0 aliphatic heterocycles. The van der Waals surface area contributed by atoms with Crippen LogP contribution in [0.2, 0.25) is 0 Å². The van der Waals surface area contributed by atoms with E-state index in [-0.39, 0.29) is 16.1 Å². The molecule has 0 amide bonds. The summed E-state index contributed by atoms with van der Waals surface area (Å²) in [7, 11) is 0. The molecule has 0 saturated heterocycles. The summed E-state index contributed by atoms with van der Waals surface area (Å²) < 4.78 is 78.7. The van der Waals surface area contributed by atoms with Gasteiger partial charge >= 0.3 is 12.1 Å². The van der Waals surface area contributed by atoms with E-state index in [2.05, 4.69) is 17.0 Å². The number of hydrogen-bond acceptors (Lipinski definition) is 2. The highest BCUT2D eigenvalue weighted by Gasteiger charge is 2.57. The summed E-state index contributed by atoms with van der Waals surface area (Å²) in [6.07, 6.45) is -5.72. The van der Waals surface area contributed by atoms with Crippen LogP contribution in [-0.2, 0) is 11.3 Å². The molecule has 0 spiro atoms. The van der Waals surface area contributed by atoms with Gasteiger partial charge in [-0.05, 0) is 6.07 Å². The summed E-state index contributed by atoms with van der Waals surface area (Å²) in [6, 6.07) is 3.76. The topological polar surface area (TPSA) is 35.2 Å². The Hall–Kier alpha value is -1.35. The Balaban J connectivity index is 2.73. The van der Waals surface area contributed by atoms with E-state index in [1.165, 1.54) is 18.2 Å². The molecule has 0 atom stereocenters. The molecule has 1 aromatic carbocycles. The lowest BCUT2D eigenvalue weighted by molar-refractivity contribution is -0.297. The second-order valence-electron chi connectivity index (χ2n) is 3.84. The molecule has 20 heavy (non-hydrogen) atoms. The van der Waals surface area contributed by atoms with Crippen molar-refractivity contribution >= 4 is 17.2 Å². The van der Waals surface area contributed by atoms with Crippen molar-refractivity contribution in [2.24, 2.45) is 5.73 Å². The van der Waals surface area contributed by atoms with Gasteiger partial charge in [-0.2, -0.15) is 22.0 Å². The molecule has 0 fully saturated rings. The second kappa shape index (κ2) is 5.96. The van der Waals surface area contributed by atoms with Gasteiger partial charge in [0, 0.05) is 11.1 Å². The number of hydrogen-bond donors (Lipinski definition) is 1. The van der Waals surface area contributed by atoms with Gasteiger partial charge in [0.05, 0.1) is 6.61 Å². The molecule has 2 nitrogen and oxygen atoms in total. The van der Waals surface area contributed by atoms with Gasteiger partial charge in [-0.1, -0.05) is 24.4 Å². The van der Waals surface area contributed by atoms with Crippen LogP contribution < -0.4 is 5.73 Å². The second-order valence-corrected chi connectivity index (χ2v) is 4.28. The monoisotopic (exact) mass is 317 g/mol. The third-order valence-corrected chi connectivity index (χ3v) is 2.52. The van der Waals surface area contributed by atoms with Gasteiger partial charge < -0.3 is 10.5 Å². The lowest BCUT2D eigenvalue weighted by Crippen LogP contribution is -2.40. The van der Waals surface area contributed by atoms with E-state index in [1.807, 2.05) is 0 Å². The maximum absolute atomic E-state index is 13.7. The summed E-state index contributed by atoms with van der Waals surface area (Å²) in [6.45, 7) is -2.65. The van der Waals surface area contributed by atoms with Crippen molar-refractivity contribution in [3.05, 3.63) is 35.1 Å². The summed E-state index contributed by atoms with van der Waals surface area (Å²) >= 11 is 4.56. The maximum atomic E-state index is 13.7. The number of nitrogens with two attached hydrogens (primary N) is 1. The Morgan fingerprint density at radius 2 is 1.80 bits per heavy atom. The number of thiocarbonyl (C=S) groups is 1. The zero-order valence-corrected chi connectivity index (χ0v) is 10.6. The Bertz CT molecular complexity index is 502. The van der Waals surface area contributed by atoms with Gasteiger partial charge in [0.25, 0.3) is 0 Å². The molecule has 0 saturated carbocycles. The van der Waals surface area contributed by atoms with Crippen LogP contribution in [0.3, 0.4) is 0 Å². The van der Waals surface area contributed by atoms with Crippen LogP contribution in [-0.4, -0.2) is 23.7 Å². The van der Waals surface area contributed by atoms with Gasteiger partial charge in [-0.15, -0.1) is 0 Å². The van der Waals surface area contributed by atoms with E-state index in [9.17, 15) is 26.3 Å². The molecule has 2 N–H and O–H groups in total. The number of rotatable bonds is 5. The van der Waals surface area contributed by atoms with Crippen LogP contribution in [0, 0.1) is 5.82 Å². The van der Waals surface area contributed by atoms with Crippen molar-refractivity contribution in [3.63, 3.8) is 0 Å². The maximum Gasteiger partial charge on any atom is 0.455 e. The number of benzene rings is 1. The quantitative estimate of drug-likeness (QED) is 0.669. The molecule has 0 bridgehead atoms. The molecule has 0 aliphatic carbocycles. The van der Waals surface area contributed by atoms with E-state index >= 15 is 0 Å². The third kappa shape index (κ3) is 3.83. The standard InChI is InChI=1S/C11H9F6NOS/c12-8-6(2-1-3-7(8)9(18)20)4-19-5-10(13,14)11(15,16)17/h1-3H,4-5H2,(H2,18,20). The minimum absolute atomic E-state index is 0.135. The lowest BCUT2D eigenvalue weighted by atomic mass is 10.1. The van der Waals surface area contributed by atoms with Crippen LogP contribution in [0.4, 0.5) is 26.3 Å². The van der Waals surface area contributed by atoms with E-state index < -0.39 is 31.1 Å². The highest BCUT2D eigenvalue weighted by molar-refractivity contribution is 7.80. The summed E-state index contributed by atoms with van der Waals surface area (Å²) in [5, 5.41) is 0. The van der Waals surface area contributed by atoms with Crippen LogP contribution in [0.1, 0.15) is 11.1 Å². The molecular formula is C11H9F6NOS. The smallest absolute Gasteiger partial charge is 0.389 e. The van der Waals surface area contributed by atoms with Crippen molar-refractivity contribution in [1.82, 2.24) is 0 Å². The first kappa shape index (κ1) is 16.7. The molecule has 0 aromatic heterocycles. The molecule has 1 aromatic rings. The van der Waals surface area contributed by atoms with Gasteiger partial charge in [0.1, 0.15) is 17.4 Å². The fourth-order valence-electron chi connectivity index (χ4n) is 1.25. The molecular weight excluding hydrogens is 308 g/mol. The highest BCUT2D eigenvalue weighted by Crippen LogP contribution is 2.35. The van der Waals surface area contributed by atoms with E-state index in [4.69, 9.17) is 5.73 Å². The number of alkyl halides is 5. The zero-order chi connectivity index (χ0) is 15.6. The molecule has 0 radical (unpaired) electrons. The van der Waals surface area contributed by atoms with Crippen molar-refractivity contribution in [2.75, 3.05) is 6.61 Å². The van der Waals surface area contributed by atoms with Gasteiger partial charge in [0.2, 0.25) is 0 Å². The van der Waals surface area contributed by atoms with Crippen molar-refractivity contribution in [1.29, 1.82) is 0 Å². The first-order valence-corrected chi connectivity index (χ1v) is 5.56. The first-order valence-electron chi connectivity index (χ1n) is 5.16. The van der Waals surface area contributed by atoms with E-state index in [0.29, 0.717) is 0 Å². The molecule has 0 heterocycles. The average Bonchev–Trinajstić information content (AvgIpc) is 2.29. The number of halogens is 6. The van der Waals surface area contributed by atoms with Crippen LogP contribution in [0.5, 0.6) is 0 Å². The molecule has 1 rings (SSSR count). The van der Waals surface area contributed by atoms with Crippen LogP contribution >= 0.6 is 12.2 Å². The Labute approximate surface area is 115 Å². The van der Waals surface area contributed by atoms with Crippen molar-refractivity contribution in [2.45, 2.75) is 18.7 Å². The molecule has 0 aliphatic rings. The van der Waals surface area contributed by atoms with Gasteiger partial charge in [-0.25, -0.2) is 4.39 Å². The minimum Gasteiger partial charge on any atom is -0.389 e. The van der Waals surface area contributed by atoms with Crippen LogP contribution in [0.15, 0.2) is 18.2 Å². The summed E-state index contributed by atoms with van der Waals surface area (Å²) in [5.74, 6) is -5.90. The molecule has 0 unspecified atom stereocenters. The first-order chi connectivity index (χ1) is 9.06. The normalized spacial score (nSPS) is 12.5. The van der Waals surface area contributed by atoms with Crippen LogP contribution in [0.25, 0.3) is 0 Å². The third-order valence-electron chi connectivity index (χ3n) is 2.30. The highest BCUT2D eigenvalue weighted by atomic mass is 32.1. The SMILES string of the molecule is NC(=S)c1cccc(COCC(F)(F)C(F)(F)F)c1F. The molecule has 9 heteroatoms. The van der Waals surface area contributed by atoms with E-state index in [0.717, 1.165) is 0 Å².